The number of hydrogen-bond donors (Lipinski definition) is 0. The van der Waals surface area contributed by atoms with E-state index in [1.807, 2.05) is 60.9 Å². The Morgan fingerprint density at radius 3 is 2.35 bits per heavy atom. The molecule has 5 heteroatoms. The minimum absolute atomic E-state index is 0. The maximum absolute atomic E-state index is 7.76. The maximum atomic E-state index is 7.76. The Morgan fingerprint density at radius 1 is 0.930 bits per heavy atom. The first-order valence-corrected chi connectivity index (χ1v) is 14.6. The molecule has 3 aromatic carbocycles. The molecule has 3 aromatic heterocycles. The fourth-order valence-corrected chi connectivity index (χ4v) is 6.02. The Morgan fingerprint density at radius 2 is 1.65 bits per heavy atom. The Kier molecular flexibility index (Phi) is 7.80. The van der Waals surface area contributed by atoms with Gasteiger partial charge in [0.05, 0.1) is 14.8 Å². The van der Waals surface area contributed by atoms with Crippen molar-refractivity contribution in [3.63, 3.8) is 0 Å². The number of aromatic nitrogens is 3. The second-order valence-corrected chi connectivity index (χ2v) is 12.5. The van der Waals surface area contributed by atoms with E-state index in [9.17, 15) is 0 Å². The Balaban J connectivity index is 0.000000193. The van der Waals surface area contributed by atoms with Crippen molar-refractivity contribution in [3.05, 3.63) is 114 Å². The van der Waals surface area contributed by atoms with Crippen molar-refractivity contribution in [2.45, 2.75) is 78.6 Å². The fourth-order valence-electron chi connectivity index (χ4n) is 6.02. The van der Waals surface area contributed by atoms with Crippen LogP contribution in [0.3, 0.4) is 0 Å². The minimum Gasteiger partial charge on any atom is -0.501 e. The number of para-hydroxylation sites is 2. The summed E-state index contributed by atoms with van der Waals surface area (Å²) in [5.41, 5.74) is 9.51. The van der Waals surface area contributed by atoms with Gasteiger partial charge in [0.15, 0.2) is 0 Å². The summed E-state index contributed by atoms with van der Waals surface area (Å²) in [4.78, 5) is 4.85. The van der Waals surface area contributed by atoms with Crippen LogP contribution in [-0.2, 0) is 37.4 Å². The Labute approximate surface area is 271 Å². The zero-order chi connectivity index (χ0) is 31.4. The molecule has 3 heterocycles. The molecule has 1 aliphatic rings. The van der Waals surface area contributed by atoms with Crippen LogP contribution in [0, 0.1) is 32.3 Å². The molecule has 6 aromatic rings. The molecule has 1 aliphatic carbocycles. The third kappa shape index (κ3) is 5.61. The van der Waals surface area contributed by atoms with Crippen LogP contribution in [0.2, 0.25) is 0 Å². The number of rotatable bonds is 3. The molecule has 43 heavy (non-hydrogen) atoms. The van der Waals surface area contributed by atoms with E-state index in [-0.39, 0.29) is 30.9 Å². The first kappa shape index (κ1) is 28.3. The van der Waals surface area contributed by atoms with Crippen LogP contribution in [0.5, 0.6) is 0 Å². The molecule has 0 fully saturated rings. The van der Waals surface area contributed by atoms with Gasteiger partial charge >= 0.3 is 20.1 Å². The first-order chi connectivity index (χ1) is 20.8. The van der Waals surface area contributed by atoms with Gasteiger partial charge in [-0.05, 0) is 67.3 Å². The summed E-state index contributed by atoms with van der Waals surface area (Å²) < 4.78 is 25.1. The number of aryl methyl sites for hydroxylation is 1. The van der Waals surface area contributed by atoms with Crippen molar-refractivity contribution >= 4 is 21.9 Å². The van der Waals surface area contributed by atoms with Crippen LogP contribution >= 0.6 is 0 Å². The molecular weight excluding hydrogens is 707 g/mol. The fraction of sp³-hybridized carbons (Fsp3) is 0.316. The third-order valence-electron chi connectivity index (χ3n) is 8.88. The Hall–Kier alpha value is -3.53. The molecule has 0 N–H and O–H groups in total. The topological polar surface area (TPSA) is 34.8 Å². The van der Waals surface area contributed by atoms with Crippen molar-refractivity contribution in [1.29, 1.82) is 0 Å². The number of furan rings is 1. The van der Waals surface area contributed by atoms with E-state index < -0.39 is 6.50 Å². The van der Waals surface area contributed by atoms with Gasteiger partial charge in [-0.25, -0.2) is 0 Å². The van der Waals surface area contributed by atoms with E-state index in [0.717, 1.165) is 50.3 Å². The van der Waals surface area contributed by atoms with Crippen LogP contribution in [0.25, 0.3) is 38.9 Å². The van der Waals surface area contributed by atoms with E-state index in [1.54, 1.807) is 0 Å². The number of benzene rings is 3. The van der Waals surface area contributed by atoms with Gasteiger partial charge < -0.3 is 18.5 Å². The van der Waals surface area contributed by atoms with Gasteiger partial charge in [-0.1, -0.05) is 68.6 Å². The quantitative estimate of drug-likeness (QED) is 0.134. The van der Waals surface area contributed by atoms with Crippen LogP contribution < -0.4 is 4.57 Å². The molecule has 0 bridgehead atoms. The van der Waals surface area contributed by atoms with Crippen LogP contribution in [0.1, 0.15) is 72.7 Å². The minimum atomic E-state index is -1.45. The van der Waals surface area contributed by atoms with Crippen LogP contribution in [0.15, 0.2) is 77.3 Å². The number of nitrogens with zero attached hydrogens (tertiary/aromatic N) is 3. The van der Waals surface area contributed by atoms with Crippen molar-refractivity contribution in [3.8, 4) is 16.9 Å². The SMILES string of the molecule is CC1(C)CCC(C)(C)c2cc(-c3[c-]ccc4c3oc3ccccc34)ncc21.[2H]C([2H])(C)[n+]1[c-]n(-c2[c-]cccc2)c(C)c1C.[Ir+3]. The number of pyridine rings is 1. The molecule has 0 atom stereocenters. The second-order valence-electron chi connectivity index (χ2n) is 12.5. The van der Waals surface area contributed by atoms with E-state index in [4.69, 9.17) is 12.1 Å². The first-order valence-electron chi connectivity index (χ1n) is 15.6. The summed E-state index contributed by atoms with van der Waals surface area (Å²) in [6.45, 7) is 13.3. The second kappa shape index (κ2) is 11.9. The van der Waals surface area contributed by atoms with E-state index in [0.29, 0.717) is 0 Å². The average molecular weight is 748 g/mol. The predicted molar refractivity (Wildman–Crippen MR) is 170 cm³/mol. The number of fused-ring (bicyclic) bond motifs is 4. The number of imidazole rings is 1. The molecule has 0 spiro atoms. The summed E-state index contributed by atoms with van der Waals surface area (Å²) in [6, 6.07) is 28.6. The number of hydrogen-bond acceptors (Lipinski definition) is 2. The monoisotopic (exact) mass is 748 g/mol. The molecule has 0 aliphatic heterocycles. The predicted octanol–water partition coefficient (Wildman–Crippen LogP) is 8.80. The standard InChI is InChI=1S/C25H24NO.C13H15N2.Ir/c1-24(2)12-13-25(3,4)20-15-26-21(14-19(20)24)18-10-7-9-17-16-8-5-6-11-22(16)27-23(17)18;1-4-14-10-15(12(3)11(14)2)13-8-6-5-7-9-13;/h5-9,11,14-15H,12-13H2,1-4H3;5-8H,4H2,1-3H3;/q2*-1;+3/i;4D2;. The third-order valence-corrected chi connectivity index (χ3v) is 8.88. The Bertz CT molecular complexity index is 1980. The molecule has 0 unspecified atom stereocenters. The summed E-state index contributed by atoms with van der Waals surface area (Å²) in [6.07, 6.45) is 7.50. The molecule has 4 nitrogen and oxygen atoms in total. The van der Waals surface area contributed by atoms with Crippen LogP contribution in [-0.4, -0.2) is 9.55 Å². The molecular formula is C38H39IrN3O+. The van der Waals surface area contributed by atoms with Gasteiger partial charge in [0.2, 0.25) is 6.33 Å². The van der Waals surface area contributed by atoms with Gasteiger partial charge in [0, 0.05) is 23.0 Å². The molecule has 0 amide bonds. The molecule has 7 rings (SSSR count). The summed E-state index contributed by atoms with van der Waals surface area (Å²) in [7, 11) is 0. The van der Waals surface area contributed by atoms with E-state index in [1.165, 1.54) is 35.5 Å². The van der Waals surface area contributed by atoms with Gasteiger partial charge in [-0.2, -0.15) is 30.3 Å². The molecule has 220 valence electrons. The van der Waals surface area contributed by atoms with Gasteiger partial charge in [-0.15, -0.1) is 18.2 Å². The summed E-state index contributed by atoms with van der Waals surface area (Å²) >= 11 is 0. The maximum Gasteiger partial charge on any atom is 3.00 e. The molecule has 0 saturated carbocycles. The van der Waals surface area contributed by atoms with Crippen molar-refractivity contribution in [1.82, 2.24) is 9.55 Å². The summed E-state index contributed by atoms with van der Waals surface area (Å²) in [5, 5.41) is 2.26. The largest absolute Gasteiger partial charge is 3.00 e. The molecule has 0 saturated heterocycles. The summed E-state index contributed by atoms with van der Waals surface area (Å²) in [5.74, 6) is 0. The van der Waals surface area contributed by atoms with E-state index >= 15 is 0 Å². The van der Waals surface area contributed by atoms with Gasteiger partial charge in [-0.3, -0.25) is 0 Å². The zero-order valence-electron chi connectivity index (χ0n) is 27.9. The van der Waals surface area contributed by atoms with Crippen LogP contribution in [0.4, 0.5) is 0 Å². The normalized spacial score (nSPS) is 16.0. The van der Waals surface area contributed by atoms with Crippen molar-refractivity contribution in [2.75, 3.05) is 0 Å². The van der Waals surface area contributed by atoms with Crippen molar-refractivity contribution in [2.24, 2.45) is 0 Å². The van der Waals surface area contributed by atoms with Gasteiger partial charge in [0.1, 0.15) is 5.58 Å². The average Bonchev–Trinajstić information content (AvgIpc) is 3.53. The smallest absolute Gasteiger partial charge is 0.501 e. The molecule has 0 radical (unpaired) electrons. The van der Waals surface area contributed by atoms with Gasteiger partial charge in [0.25, 0.3) is 0 Å². The van der Waals surface area contributed by atoms with Crippen molar-refractivity contribution < 1.29 is 31.8 Å². The zero-order valence-corrected chi connectivity index (χ0v) is 28.3. The van der Waals surface area contributed by atoms with E-state index in [2.05, 4.69) is 76.6 Å².